The number of allylic oxidation sites excluding steroid dienone is 1. The lowest BCUT2D eigenvalue weighted by molar-refractivity contribution is -0.116. The number of nitriles is 1. The molecule has 9 nitrogen and oxygen atoms in total. The minimum Gasteiger partial charge on any atom is -0.360 e. The van der Waals surface area contributed by atoms with E-state index in [2.05, 4.69) is 36.2 Å². The number of rotatable bonds is 6. The Labute approximate surface area is 146 Å². The van der Waals surface area contributed by atoms with Crippen molar-refractivity contribution in [3.8, 4) is 6.07 Å². The van der Waals surface area contributed by atoms with Gasteiger partial charge in [-0.2, -0.15) is 10.5 Å². The van der Waals surface area contributed by atoms with Crippen LogP contribution in [0.5, 0.6) is 0 Å². The van der Waals surface area contributed by atoms with E-state index < -0.39 is 0 Å². The summed E-state index contributed by atoms with van der Waals surface area (Å²) in [6.07, 6.45) is 2.77. The molecule has 1 aromatic carbocycles. The quantitative estimate of drug-likeness (QED) is 0.579. The van der Waals surface area contributed by atoms with Crippen molar-refractivity contribution in [1.82, 2.24) is 25.6 Å². The summed E-state index contributed by atoms with van der Waals surface area (Å²) in [4.78, 5) is 16.1. The molecule has 3 N–H and O–H groups in total. The predicted molar refractivity (Wildman–Crippen MR) is 94.5 cm³/mol. The first-order chi connectivity index (χ1) is 12.2. The Morgan fingerprint density at radius 2 is 2.36 bits per heavy atom. The Bertz CT molecular complexity index is 954. The van der Waals surface area contributed by atoms with Crippen molar-refractivity contribution in [3.05, 3.63) is 30.2 Å². The van der Waals surface area contributed by atoms with Gasteiger partial charge in [0.2, 0.25) is 11.7 Å². The summed E-state index contributed by atoms with van der Waals surface area (Å²) in [7, 11) is 0. The van der Waals surface area contributed by atoms with E-state index in [0.717, 1.165) is 22.3 Å². The number of tetrazole rings is 1. The number of carbonyl (C=O) groups is 1. The van der Waals surface area contributed by atoms with E-state index in [-0.39, 0.29) is 17.3 Å². The Kier molecular flexibility index (Phi) is 4.96. The van der Waals surface area contributed by atoms with E-state index in [9.17, 15) is 4.79 Å². The number of nitrogens with one attached hydrogen (secondary N) is 3. The molecule has 3 rings (SSSR count). The first kappa shape index (κ1) is 16.5. The van der Waals surface area contributed by atoms with Crippen molar-refractivity contribution in [2.24, 2.45) is 0 Å². The summed E-state index contributed by atoms with van der Waals surface area (Å²) in [6.45, 7) is 1.95. The molecule has 0 bridgehead atoms. The fourth-order valence-corrected chi connectivity index (χ4v) is 2.98. The molecule has 0 atom stereocenters. The SMILES string of the molecule is CCCC(=O)Nc1nc2ccc(NC=C(C#N)c3nn[nH]n3)cc2s1. The lowest BCUT2D eigenvalue weighted by Crippen LogP contribution is -2.09. The highest BCUT2D eigenvalue weighted by atomic mass is 32.1. The van der Waals surface area contributed by atoms with Crippen LogP contribution < -0.4 is 10.6 Å². The minimum absolute atomic E-state index is 0.0402. The first-order valence-corrected chi connectivity index (χ1v) is 8.32. The van der Waals surface area contributed by atoms with Crippen LogP contribution in [0.2, 0.25) is 0 Å². The van der Waals surface area contributed by atoms with Gasteiger partial charge in [-0.15, -0.1) is 10.2 Å². The molecule has 0 saturated heterocycles. The van der Waals surface area contributed by atoms with Gasteiger partial charge >= 0.3 is 0 Å². The lowest BCUT2D eigenvalue weighted by Gasteiger charge is -2.00. The molecular formula is C15H14N8OS. The largest absolute Gasteiger partial charge is 0.360 e. The molecular weight excluding hydrogens is 340 g/mol. The number of hydrogen-bond donors (Lipinski definition) is 3. The van der Waals surface area contributed by atoms with E-state index in [1.165, 1.54) is 17.5 Å². The Hall–Kier alpha value is -3.32. The number of anilines is 2. The van der Waals surface area contributed by atoms with Gasteiger partial charge in [-0.25, -0.2) is 4.98 Å². The Balaban J connectivity index is 1.77. The molecule has 10 heteroatoms. The maximum absolute atomic E-state index is 11.7. The third-order valence-electron chi connectivity index (χ3n) is 3.20. The van der Waals surface area contributed by atoms with Gasteiger partial charge in [0, 0.05) is 18.3 Å². The monoisotopic (exact) mass is 354 g/mol. The average Bonchev–Trinajstić information content (AvgIpc) is 3.24. The van der Waals surface area contributed by atoms with Crippen LogP contribution in [-0.4, -0.2) is 31.5 Å². The van der Waals surface area contributed by atoms with Crippen LogP contribution in [0, 0.1) is 11.3 Å². The van der Waals surface area contributed by atoms with Crippen LogP contribution in [0.4, 0.5) is 10.8 Å². The van der Waals surface area contributed by atoms with Gasteiger partial charge in [-0.1, -0.05) is 18.3 Å². The molecule has 1 amide bonds. The van der Waals surface area contributed by atoms with Gasteiger partial charge in [0.05, 0.1) is 10.2 Å². The van der Waals surface area contributed by atoms with Crippen molar-refractivity contribution in [2.45, 2.75) is 19.8 Å². The van der Waals surface area contributed by atoms with Crippen LogP contribution in [-0.2, 0) is 4.79 Å². The fraction of sp³-hybridized carbons (Fsp3) is 0.200. The number of thiazole rings is 1. The summed E-state index contributed by atoms with van der Waals surface area (Å²) in [5.74, 6) is 0.177. The predicted octanol–water partition coefficient (Wildman–Crippen LogP) is 2.52. The number of hydrogen-bond acceptors (Lipinski definition) is 8. The first-order valence-electron chi connectivity index (χ1n) is 7.50. The summed E-state index contributed by atoms with van der Waals surface area (Å²) in [6, 6.07) is 7.58. The van der Waals surface area contributed by atoms with Crippen molar-refractivity contribution < 1.29 is 4.79 Å². The van der Waals surface area contributed by atoms with E-state index in [1.54, 1.807) is 0 Å². The number of carbonyl (C=O) groups excluding carboxylic acids is 1. The topological polar surface area (TPSA) is 132 Å². The van der Waals surface area contributed by atoms with Crippen molar-refractivity contribution >= 4 is 43.9 Å². The van der Waals surface area contributed by atoms with Crippen LogP contribution in [0.25, 0.3) is 15.8 Å². The zero-order valence-electron chi connectivity index (χ0n) is 13.3. The molecule has 2 aromatic heterocycles. The fourth-order valence-electron chi connectivity index (χ4n) is 2.05. The van der Waals surface area contributed by atoms with E-state index >= 15 is 0 Å². The van der Waals surface area contributed by atoms with E-state index in [0.29, 0.717) is 11.6 Å². The van der Waals surface area contributed by atoms with Crippen LogP contribution in [0.3, 0.4) is 0 Å². The number of aromatic amines is 1. The summed E-state index contributed by atoms with van der Waals surface area (Å²) >= 11 is 1.39. The molecule has 0 aliphatic heterocycles. The van der Waals surface area contributed by atoms with Crippen molar-refractivity contribution in [2.75, 3.05) is 10.6 Å². The van der Waals surface area contributed by atoms with E-state index in [4.69, 9.17) is 5.26 Å². The second kappa shape index (κ2) is 7.50. The molecule has 126 valence electrons. The number of aromatic nitrogens is 5. The number of benzene rings is 1. The molecule has 0 aliphatic rings. The summed E-state index contributed by atoms with van der Waals surface area (Å²) < 4.78 is 0.920. The number of amides is 1. The molecule has 2 heterocycles. The van der Waals surface area contributed by atoms with Crippen LogP contribution in [0.1, 0.15) is 25.6 Å². The summed E-state index contributed by atoms with van der Waals surface area (Å²) in [5.41, 5.74) is 1.83. The average molecular weight is 354 g/mol. The second-order valence-corrected chi connectivity index (χ2v) is 6.08. The number of fused-ring (bicyclic) bond motifs is 1. The lowest BCUT2D eigenvalue weighted by atomic mass is 10.2. The molecule has 0 radical (unpaired) electrons. The zero-order chi connectivity index (χ0) is 17.6. The van der Waals surface area contributed by atoms with Crippen LogP contribution >= 0.6 is 11.3 Å². The summed E-state index contributed by atoms with van der Waals surface area (Å²) in [5, 5.41) is 28.8. The normalized spacial score (nSPS) is 11.3. The van der Waals surface area contributed by atoms with Gasteiger partial charge in [0.1, 0.15) is 11.6 Å². The maximum Gasteiger partial charge on any atom is 0.226 e. The standard InChI is InChI=1S/C15H14N8OS/c1-2-3-13(24)19-15-18-11-5-4-10(6-12(11)25-15)17-8-9(7-16)14-20-22-23-21-14/h4-6,8,17H,2-3H2,1H3,(H,18,19,24)(H,20,21,22,23). The smallest absolute Gasteiger partial charge is 0.226 e. The Morgan fingerprint density at radius 1 is 1.48 bits per heavy atom. The van der Waals surface area contributed by atoms with Gasteiger partial charge in [0.25, 0.3) is 0 Å². The highest BCUT2D eigenvalue weighted by molar-refractivity contribution is 7.22. The third-order valence-corrected chi connectivity index (χ3v) is 4.14. The molecule has 25 heavy (non-hydrogen) atoms. The molecule has 0 fully saturated rings. The van der Waals surface area contributed by atoms with Gasteiger partial charge in [-0.05, 0) is 29.8 Å². The highest BCUT2D eigenvalue weighted by Gasteiger charge is 2.08. The molecule has 0 aliphatic carbocycles. The molecule has 0 spiro atoms. The minimum atomic E-state index is -0.0402. The van der Waals surface area contributed by atoms with Gasteiger partial charge in [-0.3, -0.25) is 4.79 Å². The third kappa shape index (κ3) is 3.96. The number of H-pyrrole nitrogens is 1. The van der Waals surface area contributed by atoms with Gasteiger partial charge in [0.15, 0.2) is 5.13 Å². The van der Waals surface area contributed by atoms with Gasteiger partial charge < -0.3 is 10.6 Å². The van der Waals surface area contributed by atoms with E-state index in [1.807, 2.05) is 31.2 Å². The van der Waals surface area contributed by atoms with Crippen molar-refractivity contribution in [3.63, 3.8) is 0 Å². The maximum atomic E-state index is 11.7. The molecule has 0 unspecified atom stereocenters. The molecule has 0 saturated carbocycles. The van der Waals surface area contributed by atoms with Crippen molar-refractivity contribution in [1.29, 1.82) is 5.26 Å². The second-order valence-electron chi connectivity index (χ2n) is 5.05. The van der Waals surface area contributed by atoms with Crippen LogP contribution in [0.15, 0.2) is 24.4 Å². The zero-order valence-corrected chi connectivity index (χ0v) is 14.1. The molecule has 3 aromatic rings. The highest BCUT2D eigenvalue weighted by Crippen LogP contribution is 2.28. The number of nitrogens with zero attached hydrogens (tertiary/aromatic N) is 5. The Morgan fingerprint density at radius 3 is 3.08 bits per heavy atom.